The van der Waals surface area contributed by atoms with E-state index in [1.807, 2.05) is 0 Å². The molecule has 10 heteroatoms. The van der Waals surface area contributed by atoms with Gasteiger partial charge in [-0.3, -0.25) is 4.79 Å². The summed E-state index contributed by atoms with van der Waals surface area (Å²) >= 11 is 0. The topological polar surface area (TPSA) is 116 Å². The molecule has 0 amide bonds. The van der Waals surface area contributed by atoms with Gasteiger partial charge in [0.05, 0.1) is 20.0 Å². The molecule has 1 fully saturated rings. The van der Waals surface area contributed by atoms with Crippen molar-refractivity contribution in [2.45, 2.75) is 13.3 Å². The van der Waals surface area contributed by atoms with E-state index >= 15 is 0 Å². The predicted octanol–water partition coefficient (Wildman–Crippen LogP) is 2.13. The van der Waals surface area contributed by atoms with Crippen molar-refractivity contribution in [2.75, 3.05) is 30.8 Å². The molecule has 146 valence electrons. The number of hydrogen-bond acceptors (Lipinski definition) is 8. The summed E-state index contributed by atoms with van der Waals surface area (Å²) in [5, 5.41) is 10.6. The number of rotatable bonds is 5. The molecule has 0 bridgehead atoms. The number of anilines is 1. The van der Waals surface area contributed by atoms with Crippen molar-refractivity contribution >= 4 is 21.9 Å². The first-order valence-electron chi connectivity index (χ1n) is 8.05. The van der Waals surface area contributed by atoms with Crippen LogP contribution in [0.25, 0.3) is 11.3 Å². The monoisotopic (exact) mass is 397 g/mol. The van der Waals surface area contributed by atoms with E-state index in [4.69, 9.17) is 18.6 Å². The van der Waals surface area contributed by atoms with Crippen LogP contribution < -0.4 is 18.5 Å². The number of ether oxygens (including phenoxy) is 3. The van der Waals surface area contributed by atoms with Crippen LogP contribution in [0.5, 0.6) is 23.0 Å². The molecule has 2 aromatic rings. The summed E-state index contributed by atoms with van der Waals surface area (Å²) < 4.78 is 46.6. The molecular weight excluding hydrogens is 378 g/mol. The molecule has 0 aliphatic carbocycles. The van der Waals surface area contributed by atoms with Crippen molar-refractivity contribution in [3.8, 4) is 34.3 Å². The lowest BCUT2D eigenvalue weighted by atomic mass is 10.1. The minimum absolute atomic E-state index is 0.0516. The molecule has 1 N–H and O–H groups in total. The highest BCUT2D eigenvalue weighted by molar-refractivity contribution is 7.93. The van der Waals surface area contributed by atoms with Crippen LogP contribution in [0.15, 0.2) is 22.6 Å². The summed E-state index contributed by atoms with van der Waals surface area (Å²) in [5.41, 5.74) is 0.390. The zero-order valence-electron chi connectivity index (χ0n) is 15.0. The van der Waals surface area contributed by atoms with Crippen LogP contribution in [0.2, 0.25) is 0 Å². The number of furan rings is 1. The van der Waals surface area contributed by atoms with Crippen LogP contribution in [0.1, 0.15) is 13.3 Å². The fraction of sp³-hybridized carbons (Fsp3) is 0.353. The van der Waals surface area contributed by atoms with Gasteiger partial charge in [-0.05, 0) is 24.6 Å². The smallest absolute Gasteiger partial charge is 0.308 e. The van der Waals surface area contributed by atoms with E-state index in [0.717, 1.165) is 11.2 Å². The Morgan fingerprint density at radius 3 is 2.48 bits per heavy atom. The molecule has 0 unspecified atom stereocenters. The molecule has 0 saturated carbocycles. The number of methoxy groups -OCH3 is 2. The predicted molar refractivity (Wildman–Crippen MR) is 96.0 cm³/mol. The van der Waals surface area contributed by atoms with Crippen LogP contribution in [0.4, 0.5) is 5.88 Å². The minimum Gasteiger partial charge on any atom is -0.502 e. The normalized spacial score (nSPS) is 15.6. The SMILES string of the molecule is COc1ccc(-c2oc(N3CCCS3(=O)=O)c(OC(C)=O)c2O)cc1OC. The van der Waals surface area contributed by atoms with Crippen LogP contribution in [0, 0.1) is 0 Å². The molecule has 1 aromatic heterocycles. The van der Waals surface area contributed by atoms with Gasteiger partial charge in [-0.1, -0.05) is 0 Å². The van der Waals surface area contributed by atoms with Crippen LogP contribution >= 0.6 is 0 Å². The van der Waals surface area contributed by atoms with Gasteiger partial charge in [-0.15, -0.1) is 0 Å². The molecule has 1 aliphatic heterocycles. The van der Waals surface area contributed by atoms with E-state index in [9.17, 15) is 18.3 Å². The fourth-order valence-electron chi connectivity index (χ4n) is 2.84. The Balaban J connectivity index is 2.16. The third-order valence-corrected chi connectivity index (χ3v) is 5.86. The summed E-state index contributed by atoms with van der Waals surface area (Å²) in [6.45, 7) is 1.31. The first-order valence-corrected chi connectivity index (χ1v) is 9.66. The highest BCUT2D eigenvalue weighted by atomic mass is 32.2. The quantitative estimate of drug-likeness (QED) is 0.763. The molecule has 9 nitrogen and oxygen atoms in total. The Morgan fingerprint density at radius 1 is 1.22 bits per heavy atom. The van der Waals surface area contributed by atoms with E-state index in [1.165, 1.54) is 14.2 Å². The maximum absolute atomic E-state index is 12.2. The molecule has 3 rings (SSSR count). The zero-order valence-corrected chi connectivity index (χ0v) is 15.8. The van der Waals surface area contributed by atoms with Crippen LogP contribution in [-0.4, -0.2) is 46.0 Å². The van der Waals surface area contributed by atoms with Crippen molar-refractivity contribution in [3.63, 3.8) is 0 Å². The first kappa shape index (κ1) is 18.9. The minimum atomic E-state index is -3.62. The third-order valence-electron chi connectivity index (χ3n) is 4.04. The summed E-state index contributed by atoms with van der Waals surface area (Å²) in [6, 6.07) is 4.75. The van der Waals surface area contributed by atoms with Crippen LogP contribution in [0.3, 0.4) is 0 Å². The van der Waals surface area contributed by atoms with Gasteiger partial charge in [0.1, 0.15) is 0 Å². The molecule has 0 atom stereocenters. The second-order valence-corrected chi connectivity index (χ2v) is 7.83. The lowest BCUT2D eigenvalue weighted by Crippen LogP contribution is -2.25. The van der Waals surface area contributed by atoms with Gasteiger partial charge in [0.15, 0.2) is 17.3 Å². The molecule has 0 radical (unpaired) electrons. The van der Waals surface area contributed by atoms with E-state index in [-0.39, 0.29) is 29.7 Å². The largest absolute Gasteiger partial charge is 0.502 e. The van der Waals surface area contributed by atoms with Gasteiger partial charge >= 0.3 is 5.97 Å². The molecule has 1 saturated heterocycles. The van der Waals surface area contributed by atoms with E-state index in [2.05, 4.69) is 0 Å². The lowest BCUT2D eigenvalue weighted by Gasteiger charge is -2.14. The number of carbonyl (C=O) groups is 1. The summed E-state index contributed by atoms with van der Waals surface area (Å²) in [7, 11) is -0.677. The van der Waals surface area contributed by atoms with E-state index < -0.39 is 21.7 Å². The average molecular weight is 397 g/mol. The maximum Gasteiger partial charge on any atom is 0.308 e. The summed E-state index contributed by atoms with van der Waals surface area (Å²) in [6.07, 6.45) is 0.398. The number of benzene rings is 1. The van der Waals surface area contributed by atoms with Crippen molar-refractivity contribution in [1.29, 1.82) is 0 Å². The number of esters is 1. The summed E-state index contributed by atoms with van der Waals surface area (Å²) in [4.78, 5) is 11.4. The van der Waals surface area contributed by atoms with Gasteiger partial charge in [0, 0.05) is 19.0 Å². The van der Waals surface area contributed by atoms with Crippen molar-refractivity contribution in [3.05, 3.63) is 18.2 Å². The molecule has 1 aromatic carbocycles. The zero-order chi connectivity index (χ0) is 19.8. The summed E-state index contributed by atoms with van der Waals surface area (Å²) in [5.74, 6) is -1.02. The number of nitrogens with zero attached hydrogens (tertiary/aromatic N) is 1. The second kappa shape index (κ2) is 7.03. The number of carbonyl (C=O) groups excluding carboxylic acids is 1. The van der Waals surface area contributed by atoms with Crippen molar-refractivity contribution in [2.24, 2.45) is 0 Å². The van der Waals surface area contributed by atoms with E-state index in [0.29, 0.717) is 23.5 Å². The molecule has 27 heavy (non-hydrogen) atoms. The lowest BCUT2D eigenvalue weighted by molar-refractivity contribution is -0.132. The Morgan fingerprint density at radius 2 is 1.93 bits per heavy atom. The maximum atomic E-state index is 12.2. The van der Waals surface area contributed by atoms with Crippen molar-refractivity contribution < 1.29 is 36.9 Å². The van der Waals surface area contributed by atoms with Crippen molar-refractivity contribution in [1.82, 2.24) is 0 Å². The first-order chi connectivity index (χ1) is 12.8. The fourth-order valence-corrected chi connectivity index (χ4v) is 4.33. The standard InChI is InChI=1S/C17H19NO8S/c1-10(19)25-16-14(20)15(11-5-6-12(23-2)13(9-11)24-3)26-17(16)18-7-4-8-27(18,21)22/h5-6,9,20H,4,7-8H2,1-3H3. The molecular formula is C17H19NO8S. The second-order valence-electron chi connectivity index (χ2n) is 5.82. The van der Waals surface area contributed by atoms with E-state index in [1.54, 1.807) is 18.2 Å². The molecule has 1 aliphatic rings. The molecule has 2 heterocycles. The Labute approximate surface area is 156 Å². The highest BCUT2D eigenvalue weighted by Gasteiger charge is 2.37. The van der Waals surface area contributed by atoms with Gasteiger partial charge in [0.2, 0.25) is 21.5 Å². The number of hydrogen-bond donors (Lipinski definition) is 1. The Hall–Kier alpha value is -2.88. The van der Waals surface area contributed by atoms with Gasteiger partial charge in [-0.2, -0.15) is 0 Å². The highest BCUT2D eigenvalue weighted by Crippen LogP contribution is 2.50. The number of aromatic hydroxyl groups is 1. The third kappa shape index (κ3) is 3.39. The average Bonchev–Trinajstić information content (AvgIpc) is 3.13. The van der Waals surface area contributed by atoms with Gasteiger partial charge < -0.3 is 23.7 Å². The Kier molecular flexibility index (Phi) is 4.92. The van der Waals surface area contributed by atoms with Gasteiger partial charge in [0.25, 0.3) is 5.88 Å². The molecule has 0 spiro atoms. The van der Waals surface area contributed by atoms with Gasteiger partial charge in [-0.25, -0.2) is 12.7 Å². The number of sulfonamides is 1. The Bertz CT molecular complexity index is 979. The van der Waals surface area contributed by atoms with Crippen LogP contribution in [-0.2, 0) is 14.8 Å².